The molecule has 3 N–H and O–H groups in total. The third-order valence-electron chi connectivity index (χ3n) is 2.21. The molecular weight excluding hydrogens is 210 g/mol. The Kier molecular flexibility index (Phi) is 4.13. The summed E-state index contributed by atoms with van der Waals surface area (Å²) in [5.74, 6) is 0.127. The lowest BCUT2D eigenvalue weighted by atomic mass is 10.1. The Hall–Kier alpha value is -1.75. The van der Waals surface area contributed by atoms with Gasteiger partial charge in [0.25, 0.3) is 0 Å². The molecule has 16 heavy (non-hydrogen) atoms. The van der Waals surface area contributed by atoms with Gasteiger partial charge in [0.05, 0.1) is 14.2 Å². The van der Waals surface area contributed by atoms with Gasteiger partial charge in [0, 0.05) is 12.5 Å². The number of hydrogen-bond donors (Lipinski definition) is 2. The maximum atomic E-state index is 11.1. The lowest BCUT2D eigenvalue weighted by molar-refractivity contribution is -0.142. The van der Waals surface area contributed by atoms with Crippen molar-refractivity contribution in [3.05, 3.63) is 23.8 Å². The second kappa shape index (κ2) is 5.37. The third-order valence-corrected chi connectivity index (χ3v) is 2.21. The van der Waals surface area contributed by atoms with Crippen LogP contribution in [0.4, 0.5) is 0 Å². The van der Waals surface area contributed by atoms with Crippen molar-refractivity contribution in [2.45, 2.75) is 12.5 Å². The summed E-state index contributed by atoms with van der Waals surface area (Å²) in [4.78, 5) is 11.1. The Balaban J connectivity index is 2.84. The number of methoxy groups -OCH3 is 2. The van der Waals surface area contributed by atoms with E-state index in [4.69, 9.17) is 10.5 Å². The van der Waals surface area contributed by atoms with Crippen molar-refractivity contribution in [3.8, 4) is 11.5 Å². The van der Waals surface area contributed by atoms with Gasteiger partial charge >= 0.3 is 5.97 Å². The van der Waals surface area contributed by atoms with Crippen LogP contribution in [0.1, 0.15) is 5.56 Å². The molecule has 0 heterocycles. The first kappa shape index (κ1) is 12.3. The van der Waals surface area contributed by atoms with Gasteiger partial charge in [-0.1, -0.05) is 6.07 Å². The summed E-state index contributed by atoms with van der Waals surface area (Å²) in [6, 6.07) is 3.92. The van der Waals surface area contributed by atoms with Crippen LogP contribution in [0.25, 0.3) is 0 Å². The van der Waals surface area contributed by atoms with E-state index in [9.17, 15) is 9.90 Å². The average molecular weight is 225 g/mol. The highest BCUT2D eigenvalue weighted by molar-refractivity contribution is 5.75. The number of carbonyl (C=O) groups excluding carboxylic acids is 1. The molecule has 88 valence electrons. The molecule has 0 aromatic heterocycles. The van der Waals surface area contributed by atoms with Crippen molar-refractivity contribution in [1.29, 1.82) is 0 Å². The Morgan fingerprint density at radius 2 is 2.19 bits per heavy atom. The summed E-state index contributed by atoms with van der Waals surface area (Å²) in [5.41, 5.74) is 6.38. The van der Waals surface area contributed by atoms with Gasteiger partial charge in [-0.05, 0) is 11.6 Å². The SMILES string of the molecule is COC(=O)C(N)Cc1ccc(O)cc1OC. The molecule has 0 aliphatic heterocycles. The first-order valence-corrected chi connectivity index (χ1v) is 4.77. The zero-order valence-electron chi connectivity index (χ0n) is 9.27. The van der Waals surface area contributed by atoms with Crippen LogP contribution in [0, 0.1) is 0 Å². The van der Waals surface area contributed by atoms with E-state index in [1.54, 1.807) is 6.07 Å². The fourth-order valence-corrected chi connectivity index (χ4v) is 1.37. The Morgan fingerprint density at radius 1 is 1.50 bits per heavy atom. The van der Waals surface area contributed by atoms with Gasteiger partial charge in [0.15, 0.2) is 0 Å². The van der Waals surface area contributed by atoms with Crippen LogP contribution < -0.4 is 10.5 Å². The molecule has 0 fully saturated rings. The van der Waals surface area contributed by atoms with Crippen molar-refractivity contribution in [2.24, 2.45) is 5.73 Å². The van der Waals surface area contributed by atoms with Gasteiger partial charge in [0.2, 0.25) is 0 Å². The van der Waals surface area contributed by atoms with Crippen molar-refractivity contribution >= 4 is 5.97 Å². The van der Waals surface area contributed by atoms with Gasteiger partial charge in [-0.25, -0.2) is 0 Å². The fourth-order valence-electron chi connectivity index (χ4n) is 1.37. The van der Waals surface area contributed by atoms with Gasteiger partial charge in [-0.3, -0.25) is 4.79 Å². The molecule has 0 saturated carbocycles. The largest absolute Gasteiger partial charge is 0.508 e. The maximum Gasteiger partial charge on any atom is 0.322 e. The topological polar surface area (TPSA) is 81.8 Å². The summed E-state index contributed by atoms with van der Waals surface area (Å²) in [6.45, 7) is 0. The molecular formula is C11H15NO4. The first-order chi connectivity index (χ1) is 7.58. The fraction of sp³-hybridized carbons (Fsp3) is 0.364. The number of phenolic OH excluding ortho intramolecular Hbond substituents is 1. The van der Waals surface area contributed by atoms with Gasteiger partial charge in [-0.2, -0.15) is 0 Å². The minimum absolute atomic E-state index is 0.104. The van der Waals surface area contributed by atoms with Crippen molar-refractivity contribution in [2.75, 3.05) is 14.2 Å². The second-order valence-corrected chi connectivity index (χ2v) is 3.33. The summed E-state index contributed by atoms with van der Waals surface area (Å²) in [5, 5.41) is 9.26. The van der Waals surface area contributed by atoms with Crippen molar-refractivity contribution < 1.29 is 19.4 Å². The van der Waals surface area contributed by atoms with Gasteiger partial charge in [0.1, 0.15) is 17.5 Å². The number of carbonyl (C=O) groups is 1. The highest BCUT2D eigenvalue weighted by Crippen LogP contribution is 2.24. The molecule has 0 spiro atoms. The van der Waals surface area contributed by atoms with E-state index < -0.39 is 12.0 Å². The monoisotopic (exact) mass is 225 g/mol. The predicted octanol–water partition coefficient (Wildman–Crippen LogP) is 0.444. The van der Waals surface area contributed by atoms with Gasteiger partial charge in [-0.15, -0.1) is 0 Å². The van der Waals surface area contributed by atoms with E-state index in [1.165, 1.54) is 26.4 Å². The molecule has 0 aliphatic carbocycles. The van der Waals surface area contributed by atoms with Crippen molar-refractivity contribution in [1.82, 2.24) is 0 Å². The van der Waals surface area contributed by atoms with E-state index >= 15 is 0 Å². The summed E-state index contributed by atoms with van der Waals surface area (Å²) < 4.78 is 9.60. The molecule has 1 atom stereocenters. The van der Waals surface area contributed by atoms with Crippen LogP contribution in [0.5, 0.6) is 11.5 Å². The molecule has 0 radical (unpaired) electrons. The zero-order valence-corrected chi connectivity index (χ0v) is 9.27. The molecule has 0 saturated heterocycles. The molecule has 5 heteroatoms. The van der Waals surface area contributed by atoms with Crippen molar-refractivity contribution in [3.63, 3.8) is 0 Å². The van der Waals surface area contributed by atoms with E-state index in [0.29, 0.717) is 12.2 Å². The Morgan fingerprint density at radius 3 is 2.75 bits per heavy atom. The van der Waals surface area contributed by atoms with E-state index in [-0.39, 0.29) is 5.75 Å². The van der Waals surface area contributed by atoms with Crippen LogP contribution in [-0.2, 0) is 16.0 Å². The van der Waals surface area contributed by atoms with E-state index in [0.717, 1.165) is 5.56 Å². The van der Waals surface area contributed by atoms with Crippen LogP contribution in [0.3, 0.4) is 0 Å². The first-order valence-electron chi connectivity index (χ1n) is 4.77. The van der Waals surface area contributed by atoms with Gasteiger partial charge < -0.3 is 20.3 Å². The number of rotatable bonds is 4. The molecule has 1 rings (SSSR count). The molecule has 1 aromatic carbocycles. The normalized spacial score (nSPS) is 11.9. The molecule has 1 unspecified atom stereocenters. The zero-order chi connectivity index (χ0) is 12.1. The Labute approximate surface area is 93.8 Å². The number of aromatic hydroxyl groups is 1. The molecule has 0 bridgehead atoms. The highest BCUT2D eigenvalue weighted by Gasteiger charge is 2.16. The average Bonchev–Trinajstić information content (AvgIpc) is 2.30. The Bertz CT molecular complexity index is 378. The minimum Gasteiger partial charge on any atom is -0.508 e. The van der Waals surface area contributed by atoms with Crippen LogP contribution in [-0.4, -0.2) is 31.3 Å². The number of ether oxygens (including phenoxy) is 2. The van der Waals surface area contributed by atoms with Crippen LogP contribution >= 0.6 is 0 Å². The predicted molar refractivity (Wildman–Crippen MR) is 58.4 cm³/mol. The number of hydrogen-bond acceptors (Lipinski definition) is 5. The number of esters is 1. The lowest BCUT2D eigenvalue weighted by Crippen LogP contribution is -2.33. The van der Waals surface area contributed by atoms with Crippen LogP contribution in [0.2, 0.25) is 0 Å². The maximum absolute atomic E-state index is 11.1. The number of benzene rings is 1. The minimum atomic E-state index is -0.733. The third kappa shape index (κ3) is 2.87. The molecule has 5 nitrogen and oxygen atoms in total. The molecule has 0 amide bonds. The summed E-state index contributed by atoms with van der Waals surface area (Å²) in [6.07, 6.45) is 0.302. The summed E-state index contributed by atoms with van der Waals surface area (Å²) >= 11 is 0. The smallest absolute Gasteiger partial charge is 0.322 e. The second-order valence-electron chi connectivity index (χ2n) is 3.33. The highest BCUT2D eigenvalue weighted by atomic mass is 16.5. The van der Waals surface area contributed by atoms with E-state index in [2.05, 4.69) is 4.74 Å². The standard InChI is InChI=1S/C11H15NO4/c1-15-10-6-8(13)4-3-7(10)5-9(12)11(14)16-2/h3-4,6,9,13H,5,12H2,1-2H3. The number of phenols is 1. The van der Waals surface area contributed by atoms with E-state index in [1.807, 2.05) is 0 Å². The molecule has 0 aliphatic rings. The molecule has 1 aromatic rings. The lowest BCUT2D eigenvalue weighted by Gasteiger charge is -2.12. The number of nitrogens with two attached hydrogens (primary N) is 1. The quantitative estimate of drug-likeness (QED) is 0.727. The van der Waals surface area contributed by atoms with Crippen LogP contribution in [0.15, 0.2) is 18.2 Å². The summed E-state index contributed by atoms with van der Waals surface area (Å²) in [7, 11) is 2.78.